The Bertz CT molecular complexity index is 1040. The summed E-state index contributed by atoms with van der Waals surface area (Å²) in [5, 5.41) is 7.68. The van der Waals surface area contributed by atoms with E-state index >= 15 is 0 Å². The summed E-state index contributed by atoms with van der Waals surface area (Å²) in [6.07, 6.45) is 2.66. The monoisotopic (exact) mass is 415 g/mol. The molecule has 0 aromatic carbocycles. The first-order valence-corrected chi connectivity index (χ1v) is 9.79. The third-order valence-electron chi connectivity index (χ3n) is 4.34. The second-order valence-corrected chi connectivity index (χ2v) is 7.51. The van der Waals surface area contributed by atoms with Gasteiger partial charge in [-0.2, -0.15) is 0 Å². The van der Waals surface area contributed by atoms with Gasteiger partial charge < -0.3 is 20.5 Å². The number of amides is 3. The summed E-state index contributed by atoms with van der Waals surface area (Å²) < 4.78 is 0. The lowest BCUT2D eigenvalue weighted by atomic mass is 10.2. The minimum atomic E-state index is -0.567. The van der Waals surface area contributed by atoms with Crippen molar-refractivity contribution < 1.29 is 14.4 Å². The van der Waals surface area contributed by atoms with Gasteiger partial charge in [-0.25, -0.2) is 0 Å². The maximum Gasteiger partial charge on any atom is 0.279 e. The van der Waals surface area contributed by atoms with Crippen molar-refractivity contribution >= 4 is 34.7 Å². The van der Waals surface area contributed by atoms with Crippen molar-refractivity contribution in [2.75, 3.05) is 26.0 Å². The van der Waals surface area contributed by atoms with Gasteiger partial charge in [-0.15, -0.1) is 11.3 Å². The second-order valence-electron chi connectivity index (χ2n) is 6.47. The zero-order valence-corrected chi connectivity index (χ0v) is 17.1. The fourth-order valence-electron chi connectivity index (χ4n) is 2.84. The lowest BCUT2D eigenvalue weighted by Crippen LogP contribution is -2.33. The van der Waals surface area contributed by atoms with E-state index in [0.29, 0.717) is 6.54 Å². The molecule has 0 bridgehead atoms. The van der Waals surface area contributed by atoms with Gasteiger partial charge in [0.05, 0.1) is 0 Å². The summed E-state index contributed by atoms with van der Waals surface area (Å²) in [6.45, 7) is 2.26. The molecule has 152 valence electrons. The van der Waals surface area contributed by atoms with Gasteiger partial charge in [-0.1, -0.05) is 6.07 Å². The molecule has 0 atom stereocenters. The van der Waals surface area contributed by atoms with Gasteiger partial charge in [-0.05, 0) is 18.4 Å². The molecule has 3 N–H and O–H groups in total. The molecule has 1 aliphatic rings. The lowest BCUT2D eigenvalue weighted by Gasteiger charge is -2.13. The SMILES string of the molecule is CCN1C(=O)C(NCc2cccs2)=C(Nc2c[nH]cc(C(=O)N(C)C)c2=O)C1=O. The Labute approximate surface area is 171 Å². The number of pyridine rings is 1. The largest absolute Gasteiger partial charge is 0.374 e. The van der Waals surface area contributed by atoms with Crippen molar-refractivity contribution in [2.45, 2.75) is 13.5 Å². The van der Waals surface area contributed by atoms with Crippen LogP contribution in [0.3, 0.4) is 0 Å². The third-order valence-corrected chi connectivity index (χ3v) is 5.22. The van der Waals surface area contributed by atoms with E-state index in [9.17, 15) is 19.2 Å². The fourth-order valence-corrected chi connectivity index (χ4v) is 3.49. The number of nitrogens with zero attached hydrogens (tertiary/aromatic N) is 2. The van der Waals surface area contributed by atoms with Crippen molar-refractivity contribution in [2.24, 2.45) is 0 Å². The molecular formula is C19H21N5O4S. The number of aromatic nitrogens is 1. The summed E-state index contributed by atoms with van der Waals surface area (Å²) in [5.74, 6) is -1.47. The number of thiophene rings is 1. The first-order valence-electron chi connectivity index (χ1n) is 8.91. The van der Waals surface area contributed by atoms with E-state index in [0.717, 1.165) is 9.78 Å². The number of likely N-dealkylation sites (N-methyl/N-ethyl adjacent to an activating group) is 1. The molecule has 0 aliphatic carbocycles. The molecule has 0 spiro atoms. The Morgan fingerprint density at radius 2 is 1.90 bits per heavy atom. The van der Waals surface area contributed by atoms with Crippen LogP contribution in [0.25, 0.3) is 0 Å². The van der Waals surface area contributed by atoms with Crippen LogP contribution in [0, 0.1) is 0 Å². The van der Waals surface area contributed by atoms with Crippen LogP contribution in [0.1, 0.15) is 22.2 Å². The first kappa shape index (κ1) is 20.3. The van der Waals surface area contributed by atoms with Gasteiger partial charge in [0.2, 0.25) is 5.43 Å². The predicted molar refractivity (Wildman–Crippen MR) is 109 cm³/mol. The molecule has 2 aromatic heterocycles. The molecule has 3 heterocycles. The van der Waals surface area contributed by atoms with E-state index in [2.05, 4.69) is 15.6 Å². The van der Waals surface area contributed by atoms with Crippen LogP contribution >= 0.6 is 11.3 Å². The average molecular weight is 415 g/mol. The molecule has 2 aromatic rings. The first-order chi connectivity index (χ1) is 13.8. The Balaban J connectivity index is 1.96. The highest BCUT2D eigenvalue weighted by atomic mass is 32.1. The lowest BCUT2D eigenvalue weighted by molar-refractivity contribution is -0.137. The summed E-state index contributed by atoms with van der Waals surface area (Å²) in [5.41, 5.74) is -0.565. The van der Waals surface area contributed by atoms with Crippen LogP contribution in [0.4, 0.5) is 5.69 Å². The van der Waals surface area contributed by atoms with Crippen LogP contribution in [-0.4, -0.2) is 53.1 Å². The minimum absolute atomic E-state index is 0.00206. The molecule has 3 rings (SSSR count). The number of H-pyrrole nitrogens is 1. The van der Waals surface area contributed by atoms with E-state index in [4.69, 9.17) is 0 Å². The Morgan fingerprint density at radius 1 is 1.17 bits per heavy atom. The molecule has 0 saturated heterocycles. The van der Waals surface area contributed by atoms with E-state index in [1.165, 1.54) is 42.7 Å². The van der Waals surface area contributed by atoms with Gasteiger partial charge in [0, 0.05) is 44.5 Å². The van der Waals surface area contributed by atoms with Crippen molar-refractivity contribution in [1.82, 2.24) is 20.1 Å². The Hall–Kier alpha value is -3.40. The molecular weight excluding hydrogens is 394 g/mol. The van der Waals surface area contributed by atoms with Gasteiger partial charge in [0.1, 0.15) is 22.6 Å². The van der Waals surface area contributed by atoms with Gasteiger partial charge in [-0.3, -0.25) is 24.1 Å². The predicted octanol–water partition coefficient (Wildman–Crippen LogP) is 0.940. The number of carbonyl (C=O) groups excluding carboxylic acids is 3. The van der Waals surface area contributed by atoms with E-state index < -0.39 is 23.2 Å². The number of aromatic amines is 1. The van der Waals surface area contributed by atoms with Crippen molar-refractivity contribution in [3.05, 3.63) is 62.0 Å². The van der Waals surface area contributed by atoms with E-state index in [1.54, 1.807) is 6.92 Å². The summed E-state index contributed by atoms with van der Waals surface area (Å²) in [6, 6.07) is 3.80. The normalized spacial score (nSPS) is 13.8. The van der Waals surface area contributed by atoms with Crippen LogP contribution < -0.4 is 16.1 Å². The number of rotatable bonds is 7. The number of carbonyl (C=O) groups is 3. The number of nitrogens with one attached hydrogen (secondary N) is 3. The molecule has 0 radical (unpaired) electrons. The second kappa shape index (κ2) is 8.31. The molecule has 0 fully saturated rings. The Kier molecular flexibility index (Phi) is 5.83. The standard InChI is InChI=1S/C19H21N5O4S/c1-4-24-18(27)14(21-8-11-6-5-7-29-11)15(19(24)28)22-13-10-20-9-12(16(13)25)17(26)23(2)3/h5-7,9-10,21-22H,4,8H2,1-3H3,(H,20,25). The van der Waals surface area contributed by atoms with Crippen LogP contribution in [-0.2, 0) is 16.1 Å². The molecule has 0 unspecified atom stereocenters. The van der Waals surface area contributed by atoms with Crippen molar-refractivity contribution in [1.29, 1.82) is 0 Å². The van der Waals surface area contributed by atoms with Crippen LogP contribution in [0.15, 0.2) is 46.1 Å². The summed E-state index contributed by atoms with van der Waals surface area (Å²) >= 11 is 1.52. The summed E-state index contributed by atoms with van der Waals surface area (Å²) in [4.78, 5) is 56.4. The van der Waals surface area contributed by atoms with Crippen molar-refractivity contribution in [3.63, 3.8) is 0 Å². The molecule has 10 heteroatoms. The fraction of sp³-hybridized carbons (Fsp3) is 0.263. The van der Waals surface area contributed by atoms with E-state index in [1.807, 2.05) is 17.5 Å². The zero-order valence-electron chi connectivity index (χ0n) is 16.2. The third kappa shape index (κ3) is 3.92. The smallest absolute Gasteiger partial charge is 0.279 e. The Morgan fingerprint density at radius 3 is 2.52 bits per heavy atom. The maximum absolute atomic E-state index is 12.7. The average Bonchev–Trinajstić information content (AvgIpc) is 3.28. The number of anilines is 1. The van der Waals surface area contributed by atoms with Crippen molar-refractivity contribution in [3.8, 4) is 0 Å². The van der Waals surface area contributed by atoms with Gasteiger partial charge in [0.25, 0.3) is 17.7 Å². The topological polar surface area (TPSA) is 115 Å². The molecule has 9 nitrogen and oxygen atoms in total. The number of imide groups is 1. The maximum atomic E-state index is 12.7. The molecule has 29 heavy (non-hydrogen) atoms. The van der Waals surface area contributed by atoms with Gasteiger partial charge in [0.15, 0.2) is 0 Å². The van der Waals surface area contributed by atoms with Crippen LogP contribution in [0.2, 0.25) is 0 Å². The summed E-state index contributed by atoms with van der Waals surface area (Å²) in [7, 11) is 3.07. The minimum Gasteiger partial charge on any atom is -0.374 e. The van der Waals surface area contributed by atoms with E-state index in [-0.39, 0.29) is 29.2 Å². The van der Waals surface area contributed by atoms with Gasteiger partial charge >= 0.3 is 0 Å². The number of hydrogen-bond acceptors (Lipinski definition) is 7. The highest BCUT2D eigenvalue weighted by Gasteiger charge is 2.38. The van der Waals surface area contributed by atoms with Crippen LogP contribution in [0.5, 0.6) is 0 Å². The zero-order chi connectivity index (χ0) is 21.1. The highest BCUT2D eigenvalue weighted by molar-refractivity contribution is 7.09. The number of hydrogen-bond donors (Lipinski definition) is 3. The molecule has 3 amide bonds. The highest BCUT2D eigenvalue weighted by Crippen LogP contribution is 2.21. The molecule has 0 saturated carbocycles. The quantitative estimate of drug-likeness (QED) is 0.580. The molecule has 1 aliphatic heterocycles.